The molecule has 0 spiro atoms. The fraction of sp³-hybridized carbons (Fsp3) is 0.381. The minimum atomic E-state index is -1.20. The number of nitrogens with one attached hydrogen (secondary N) is 2. The fourth-order valence-electron chi connectivity index (χ4n) is 2.75. The van der Waals surface area contributed by atoms with Gasteiger partial charge >= 0.3 is 0 Å². The molecule has 3 amide bonds. The van der Waals surface area contributed by atoms with Gasteiger partial charge in [0.05, 0.1) is 0 Å². The van der Waals surface area contributed by atoms with Gasteiger partial charge in [-0.05, 0) is 30.1 Å². The summed E-state index contributed by atoms with van der Waals surface area (Å²) in [7, 11) is 1.62. The van der Waals surface area contributed by atoms with Crippen LogP contribution in [0.15, 0.2) is 48.7 Å². The van der Waals surface area contributed by atoms with E-state index in [4.69, 9.17) is 0 Å². The summed E-state index contributed by atoms with van der Waals surface area (Å²) in [5, 5.41) is 15.0. The molecular formula is C21H27N3O4. The molecule has 0 fully saturated rings. The van der Waals surface area contributed by atoms with E-state index >= 15 is 0 Å². The van der Waals surface area contributed by atoms with Crippen LogP contribution in [0.4, 0.5) is 0 Å². The number of nitrogens with zero attached hydrogens (tertiary/aromatic N) is 1. The Balaban J connectivity index is 2.19. The molecule has 7 nitrogen and oxygen atoms in total. The molecule has 7 heteroatoms. The molecule has 1 aromatic rings. The largest absolute Gasteiger partial charge is 0.383 e. The standard InChI is InChI=1S/C21H27N3O4/c1-13(2)18(25)20(27)22-14(3)19(26)23-17-16(15-9-6-5-7-10-15)11-8-12-24(4)21(17)28/h5-14,17-18,25H,1-4H3,(H,22,27)(H,23,26)/t14?,17-,18-/m0/s1. The highest BCUT2D eigenvalue weighted by Gasteiger charge is 2.31. The molecule has 0 aliphatic carbocycles. The molecule has 1 aliphatic heterocycles. The number of carbonyl (C=O) groups excluding carboxylic acids is 3. The van der Waals surface area contributed by atoms with Crippen LogP contribution in [0.1, 0.15) is 26.3 Å². The Hall–Kier alpha value is -2.93. The molecule has 2 rings (SSSR count). The molecule has 1 heterocycles. The molecule has 0 saturated heterocycles. The summed E-state index contributed by atoms with van der Waals surface area (Å²) in [6.45, 7) is 4.92. The summed E-state index contributed by atoms with van der Waals surface area (Å²) >= 11 is 0. The lowest BCUT2D eigenvalue weighted by atomic mass is 9.97. The van der Waals surface area contributed by atoms with Crippen LogP contribution >= 0.6 is 0 Å². The van der Waals surface area contributed by atoms with Gasteiger partial charge in [-0.3, -0.25) is 14.4 Å². The summed E-state index contributed by atoms with van der Waals surface area (Å²) in [6, 6.07) is 7.50. The highest BCUT2D eigenvalue weighted by molar-refractivity contribution is 6.01. The van der Waals surface area contributed by atoms with Crippen LogP contribution in [-0.2, 0) is 14.4 Å². The number of allylic oxidation sites excluding steroid dienone is 2. The third kappa shape index (κ3) is 5.07. The molecule has 3 N–H and O–H groups in total. The Morgan fingerprint density at radius 1 is 1.11 bits per heavy atom. The second kappa shape index (κ2) is 9.32. The molecule has 28 heavy (non-hydrogen) atoms. The number of rotatable bonds is 6. The lowest BCUT2D eigenvalue weighted by molar-refractivity contribution is -0.136. The Labute approximate surface area is 165 Å². The number of likely N-dealkylation sites (N-methyl/N-ethyl adjacent to an activating group) is 1. The van der Waals surface area contributed by atoms with Gasteiger partial charge in [-0.1, -0.05) is 50.3 Å². The smallest absolute Gasteiger partial charge is 0.253 e. The van der Waals surface area contributed by atoms with E-state index in [0.717, 1.165) is 5.56 Å². The van der Waals surface area contributed by atoms with Crippen molar-refractivity contribution in [2.75, 3.05) is 7.05 Å². The van der Waals surface area contributed by atoms with Gasteiger partial charge in [0.25, 0.3) is 5.91 Å². The fourth-order valence-corrected chi connectivity index (χ4v) is 2.75. The monoisotopic (exact) mass is 385 g/mol. The first kappa shape index (κ1) is 21.4. The maximum atomic E-state index is 12.8. The summed E-state index contributed by atoms with van der Waals surface area (Å²) in [4.78, 5) is 38.9. The molecule has 150 valence electrons. The Morgan fingerprint density at radius 2 is 1.75 bits per heavy atom. The molecule has 0 bridgehead atoms. The minimum Gasteiger partial charge on any atom is -0.383 e. The van der Waals surface area contributed by atoms with Crippen LogP contribution < -0.4 is 10.6 Å². The molecular weight excluding hydrogens is 358 g/mol. The SMILES string of the molecule is CC(NC(=O)[C@@H](O)C(C)C)C(=O)N[C@@H]1C(=O)N(C)C=CC=C1c1ccccc1. The first-order valence-corrected chi connectivity index (χ1v) is 9.21. The lowest BCUT2D eigenvalue weighted by Crippen LogP contribution is -2.54. The summed E-state index contributed by atoms with van der Waals surface area (Å²) in [6.07, 6.45) is 3.95. The van der Waals surface area contributed by atoms with E-state index in [1.165, 1.54) is 11.8 Å². The van der Waals surface area contributed by atoms with Crippen molar-refractivity contribution in [3.05, 3.63) is 54.2 Å². The summed E-state index contributed by atoms with van der Waals surface area (Å²) in [5.74, 6) is -1.70. The molecule has 0 aromatic heterocycles. The Bertz CT molecular complexity index is 786. The van der Waals surface area contributed by atoms with Gasteiger partial charge < -0.3 is 20.6 Å². The van der Waals surface area contributed by atoms with Gasteiger partial charge in [0.15, 0.2) is 0 Å². The van der Waals surface area contributed by atoms with Crippen LogP contribution in [0, 0.1) is 5.92 Å². The second-order valence-electron chi connectivity index (χ2n) is 7.14. The lowest BCUT2D eigenvalue weighted by Gasteiger charge is -2.25. The number of amides is 3. The summed E-state index contributed by atoms with van der Waals surface area (Å²) in [5.41, 5.74) is 1.47. The first-order chi connectivity index (χ1) is 13.2. The van der Waals surface area contributed by atoms with Crippen LogP contribution in [0.5, 0.6) is 0 Å². The van der Waals surface area contributed by atoms with Gasteiger partial charge in [0.2, 0.25) is 11.8 Å². The molecule has 3 atom stereocenters. The van der Waals surface area contributed by atoms with E-state index in [1.54, 1.807) is 39.2 Å². The number of hydrogen-bond acceptors (Lipinski definition) is 4. The Kier molecular flexibility index (Phi) is 7.12. The topological polar surface area (TPSA) is 98.7 Å². The van der Waals surface area contributed by atoms with Crippen molar-refractivity contribution in [3.8, 4) is 0 Å². The van der Waals surface area contributed by atoms with Crippen molar-refractivity contribution in [2.24, 2.45) is 5.92 Å². The second-order valence-corrected chi connectivity index (χ2v) is 7.14. The van der Waals surface area contributed by atoms with E-state index in [-0.39, 0.29) is 11.8 Å². The van der Waals surface area contributed by atoms with Crippen molar-refractivity contribution < 1.29 is 19.5 Å². The first-order valence-electron chi connectivity index (χ1n) is 9.21. The highest BCUT2D eigenvalue weighted by Crippen LogP contribution is 2.22. The third-order valence-electron chi connectivity index (χ3n) is 4.54. The van der Waals surface area contributed by atoms with Crippen LogP contribution in [0.25, 0.3) is 5.57 Å². The van der Waals surface area contributed by atoms with Gasteiger partial charge in [0.1, 0.15) is 18.2 Å². The predicted octanol–water partition coefficient (Wildman–Crippen LogP) is 1.06. The average molecular weight is 385 g/mol. The van der Waals surface area contributed by atoms with E-state index in [1.807, 2.05) is 30.3 Å². The zero-order chi connectivity index (χ0) is 20.8. The average Bonchev–Trinajstić information content (AvgIpc) is 2.81. The van der Waals surface area contributed by atoms with E-state index in [2.05, 4.69) is 10.6 Å². The van der Waals surface area contributed by atoms with Gasteiger partial charge in [-0.25, -0.2) is 0 Å². The quantitative estimate of drug-likeness (QED) is 0.682. The van der Waals surface area contributed by atoms with Crippen LogP contribution in [0.2, 0.25) is 0 Å². The predicted molar refractivity (Wildman–Crippen MR) is 107 cm³/mol. The maximum absolute atomic E-state index is 12.8. The minimum absolute atomic E-state index is 0.272. The van der Waals surface area contributed by atoms with E-state index in [0.29, 0.717) is 5.57 Å². The Morgan fingerprint density at radius 3 is 2.36 bits per heavy atom. The van der Waals surface area contributed by atoms with Crippen molar-refractivity contribution in [3.63, 3.8) is 0 Å². The molecule has 1 aromatic carbocycles. The molecule has 0 radical (unpaired) electrons. The zero-order valence-electron chi connectivity index (χ0n) is 16.5. The van der Waals surface area contributed by atoms with Crippen molar-refractivity contribution >= 4 is 23.3 Å². The van der Waals surface area contributed by atoms with Crippen molar-refractivity contribution in [1.82, 2.24) is 15.5 Å². The van der Waals surface area contributed by atoms with Gasteiger partial charge in [0, 0.05) is 13.2 Å². The number of aliphatic hydroxyl groups excluding tert-OH is 1. The highest BCUT2D eigenvalue weighted by atomic mass is 16.3. The number of carbonyl (C=O) groups is 3. The molecule has 0 saturated carbocycles. The summed E-state index contributed by atoms with van der Waals surface area (Å²) < 4.78 is 0. The van der Waals surface area contributed by atoms with E-state index < -0.39 is 30.0 Å². The third-order valence-corrected chi connectivity index (χ3v) is 4.54. The van der Waals surface area contributed by atoms with Crippen LogP contribution in [-0.4, -0.2) is 53.0 Å². The normalized spacial score (nSPS) is 18.9. The van der Waals surface area contributed by atoms with Gasteiger partial charge in [-0.15, -0.1) is 0 Å². The van der Waals surface area contributed by atoms with Crippen molar-refractivity contribution in [1.29, 1.82) is 0 Å². The molecule has 1 unspecified atom stereocenters. The zero-order valence-corrected chi connectivity index (χ0v) is 16.5. The van der Waals surface area contributed by atoms with Crippen molar-refractivity contribution in [2.45, 2.75) is 39.0 Å². The van der Waals surface area contributed by atoms with Crippen LogP contribution in [0.3, 0.4) is 0 Å². The van der Waals surface area contributed by atoms with Gasteiger partial charge in [-0.2, -0.15) is 0 Å². The number of benzene rings is 1. The van der Waals surface area contributed by atoms with E-state index in [9.17, 15) is 19.5 Å². The molecule has 1 aliphatic rings. The maximum Gasteiger partial charge on any atom is 0.253 e. The number of aliphatic hydroxyl groups is 1. The number of hydrogen-bond donors (Lipinski definition) is 3.